The van der Waals surface area contributed by atoms with E-state index >= 15 is 0 Å². The van der Waals surface area contributed by atoms with Crippen molar-refractivity contribution in [2.45, 2.75) is 0 Å². The summed E-state index contributed by atoms with van der Waals surface area (Å²) in [5.74, 6) is 0. The second-order valence-electron chi connectivity index (χ2n) is 4.57. The van der Waals surface area contributed by atoms with E-state index in [1.165, 1.54) is 0 Å². The third-order valence-corrected chi connectivity index (χ3v) is 3.57. The number of carboxylic acid groups (broad SMARTS) is 1. The fourth-order valence-corrected chi connectivity index (χ4v) is 2.52. The Balaban J connectivity index is 2.68. The molecular formula is C8H15NO8S2. The molecular weight excluding hydrogens is 302 g/mol. The standard InChI is InChI=1S/C8H15NO8S2/c1-18(12,13)16-5-8(6-17-19(2,14)15)3-9(4-8)7(10)11/h3-6H2,1-2H3,(H,10,11). The Kier molecular flexibility index (Phi) is 4.44. The summed E-state index contributed by atoms with van der Waals surface area (Å²) >= 11 is 0. The molecule has 0 aliphatic carbocycles. The van der Waals surface area contributed by atoms with Crippen molar-refractivity contribution in [1.82, 2.24) is 4.90 Å². The minimum Gasteiger partial charge on any atom is -0.465 e. The van der Waals surface area contributed by atoms with Crippen molar-refractivity contribution in [3.63, 3.8) is 0 Å². The number of hydrogen-bond acceptors (Lipinski definition) is 7. The van der Waals surface area contributed by atoms with Crippen LogP contribution in [0.5, 0.6) is 0 Å². The first-order valence-corrected chi connectivity index (χ1v) is 8.72. The summed E-state index contributed by atoms with van der Waals surface area (Å²) in [4.78, 5) is 11.7. The third-order valence-electron chi connectivity index (χ3n) is 2.48. The largest absolute Gasteiger partial charge is 0.465 e. The van der Waals surface area contributed by atoms with Crippen molar-refractivity contribution in [1.29, 1.82) is 0 Å². The number of rotatable bonds is 6. The number of hydrogen-bond donors (Lipinski definition) is 1. The summed E-state index contributed by atoms with van der Waals surface area (Å²) in [5.41, 5.74) is -0.968. The SMILES string of the molecule is CS(=O)(=O)OCC1(COS(C)(=O)=O)CN(C(=O)O)C1. The second kappa shape index (κ2) is 5.23. The van der Waals surface area contributed by atoms with Crippen molar-refractivity contribution in [3.05, 3.63) is 0 Å². The molecule has 1 rings (SSSR count). The normalized spacial score (nSPS) is 18.9. The molecule has 0 atom stereocenters. The van der Waals surface area contributed by atoms with Gasteiger partial charge in [0.25, 0.3) is 20.2 Å². The van der Waals surface area contributed by atoms with Crippen LogP contribution in [-0.2, 0) is 28.6 Å². The van der Waals surface area contributed by atoms with E-state index in [0.29, 0.717) is 0 Å². The van der Waals surface area contributed by atoms with Crippen LogP contribution in [0.2, 0.25) is 0 Å². The summed E-state index contributed by atoms with van der Waals surface area (Å²) < 4.78 is 52.9. The molecule has 0 aromatic carbocycles. The molecule has 112 valence electrons. The van der Waals surface area contributed by atoms with Gasteiger partial charge in [-0.2, -0.15) is 16.8 Å². The van der Waals surface area contributed by atoms with E-state index in [-0.39, 0.29) is 26.3 Å². The van der Waals surface area contributed by atoms with Gasteiger partial charge in [0.2, 0.25) is 0 Å². The molecule has 0 spiro atoms. The maximum atomic E-state index is 10.9. The molecule has 0 radical (unpaired) electrons. The van der Waals surface area contributed by atoms with Gasteiger partial charge in [0.05, 0.1) is 31.1 Å². The van der Waals surface area contributed by atoms with Crippen molar-refractivity contribution in [2.75, 3.05) is 38.8 Å². The quantitative estimate of drug-likeness (QED) is 0.613. The molecule has 1 heterocycles. The number of carbonyl (C=O) groups is 1. The van der Waals surface area contributed by atoms with Crippen LogP contribution in [0.1, 0.15) is 0 Å². The van der Waals surface area contributed by atoms with Gasteiger partial charge in [0.15, 0.2) is 0 Å². The molecule has 1 amide bonds. The summed E-state index contributed by atoms with van der Waals surface area (Å²) in [6.45, 7) is -0.753. The molecule has 19 heavy (non-hydrogen) atoms. The van der Waals surface area contributed by atoms with Crippen LogP contribution < -0.4 is 0 Å². The van der Waals surface area contributed by atoms with Gasteiger partial charge in [-0.3, -0.25) is 8.37 Å². The Labute approximate surface area is 111 Å². The van der Waals surface area contributed by atoms with E-state index in [1.54, 1.807) is 0 Å². The maximum absolute atomic E-state index is 10.9. The first kappa shape index (κ1) is 16.1. The highest BCUT2D eigenvalue weighted by Crippen LogP contribution is 2.32. The number of nitrogens with zero attached hydrogens (tertiary/aromatic N) is 1. The van der Waals surface area contributed by atoms with Crippen LogP contribution in [0.15, 0.2) is 0 Å². The van der Waals surface area contributed by atoms with Crippen molar-refractivity contribution < 1.29 is 35.1 Å². The Morgan fingerprint density at radius 2 is 1.47 bits per heavy atom. The smallest absolute Gasteiger partial charge is 0.407 e. The minimum atomic E-state index is -3.70. The lowest BCUT2D eigenvalue weighted by Crippen LogP contribution is -2.62. The summed E-state index contributed by atoms with van der Waals surface area (Å²) in [5, 5.41) is 8.73. The summed E-state index contributed by atoms with van der Waals surface area (Å²) in [6, 6.07) is 0. The van der Waals surface area contributed by atoms with Crippen LogP contribution in [0.25, 0.3) is 0 Å². The fourth-order valence-electron chi connectivity index (χ4n) is 1.59. The molecule has 0 unspecified atom stereocenters. The first-order chi connectivity index (χ1) is 8.43. The Bertz CT molecular complexity index is 507. The van der Waals surface area contributed by atoms with Gasteiger partial charge < -0.3 is 10.0 Å². The highest BCUT2D eigenvalue weighted by Gasteiger charge is 2.47. The number of amides is 1. The molecule has 0 saturated carbocycles. The van der Waals surface area contributed by atoms with Crippen molar-refractivity contribution >= 4 is 26.3 Å². The Hall–Kier alpha value is -0.910. The molecule has 0 aromatic heterocycles. The van der Waals surface area contributed by atoms with Crippen LogP contribution >= 0.6 is 0 Å². The minimum absolute atomic E-state index is 0.0482. The molecule has 0 aromatic rings. The van der Waals surface area contributed by atoms with Gasteiger partial charge in [-0.05, 0) is 0 Å². The maximum Gasteiger partial charge on any atom is 0.407 e. The Morgan fingerprint density at radius 3 is 1.74 bits per heavy atom. The van der Waals surface area contributed by atoms with Gasteiger partial charge in [0.1, 0.15) is 0 Å². The fraction of sp³-hybridized carbons (Fsp3) is 0.875. The molecule has 0 bridgehead atoms. The monoisotopic (exact) mass is 317 g/mol. The van der Waals surface area contributed by atoms with E-state index in [0.717, 1.165) is 17.4 Å². The van der Waals surface area contributed by atoms with Gasteiger partial charge in [-0.1, -0.05) is 0 Å². The summed E-state index contributed by atoms with van der Waals surface area (Å²) in [6.07, 6.45) is 0.534. The average molecular weight is 317 g/mol. The second-order valence-corrected chi connectivity index (χ2v) is 7.86. The third kappa shape index (κ3) is 5.30. The lowest BCUT2D eigenvalue weighted by atomic mass is 9.82. The molecule has 1 aliphatic rings. The van der Waals surface area contributed by atoms with Crippen LogP contribution in [0.4, 0.5) is 4.79 Å². The van der Waals surface area contributed by atoms with E-state index in [4.69, 9.17) is 5.11 Å². The molecule has 1 N–H and O–H groups in total. The zero-order valence-corrected chi connectivity index (χ0v) is 12.0. The lowest BCUT2D eigenvalue weighted by Gasteiger charge is -2.47. The molecule has 11 heteroatoms. The summed E-state index contributed by atoms with van der Waals surface area (Å²) in [7, 11) is -7.39. The topological polar surface area (TPSA) is 127 Å². The van der Waals surface area contributed by atoms with E-state index in [2.05, 4.69) is 8.37 Å². The van der Waals surface area contributed by atoms with Gasteiger partial charge >= 0.3 is 6.09 Å². The highest BCUT2D eigenvalue weighted by molar-refractivity contribution is 7.86. The molecule has 1 fully saturated rings. The predicted molar refractivity (Wildman–Crippen MR) is 63.6 cm³/mol. The van der Waals surface area contributed by atoms with E-state index in [9.17, 15) is 21.6 Å². The zero-order valence-electron chi connectivity index (χ0n) is 10.4. The van der Waals surface area contributed by atoms with Crippen molar-refractivity contribution in [2.24, 2.45) is 5.41 Å². The van der Waals surface area contributed by atoms with Gasteiger partial charge in [-0.15, -0.1) is 0 Å². The molecule has 1 aliphatic heterocycles. The first-order valence-electron chi connectivity index (χ1n) is 5.09. The van der Waals surface area contributed by atoms with Crippen LogP contribution in [-0.4, -0.2) is 71.8 Å². The van der Waals surface area contributed by atoms with E-state index in [1.807, 2.05) is 0 Å². The van der Waals surface area contributed by atoms with Crippen LogP contribution in [0, 0.1) is 5.41 Å². The van der Waals surface area contributed by atoms with Crippen molar-refractivity contribution in [3.8, 4) is 0 Å². The molecule has 1 saturated heterocycles. The average Bonchev–Trinajstić information content (AvgIpc) is 2.11. The van der Waals surface area contributed by atoms with Gasteiger partial charge in [-0.25, -0.2) is 4.79 Å². The lowest BCUT2D eigenvalue weighted by molar-refractivity contribution is -0.0457. The van der Waals surface area contributed by atoms with E-state index < -0.39 is 31.7 Å². The van der Waals surface area contributed by atoms with Gasteiger partial charge in [0, 0.05) is 13.1 Å². The highest BCUT2D eigenvalue weighted by atomic mass is 32.2. The van der Waals surface area contributed by atoms with Crippen LogP contribution in [0.3, 0.4) is 0 Å². The Morgan fingerprint density at radius 1 is 1.11 bits per heavy atom. The predicted octanol–water partition coefficient (Wildman–Crippen LogP) is -1.08. The molecule has 9 nitrogen and oxygen atoms in total. The zero-order chi connectivity index (χ0) is 14.9. The number of likely N-dealkylation sites (tertiary alicyclic amines) is 1.